The molecule has 0 fully saturated rings. The molecule has 0 aliphatic carbocycles. The lowest BCUT2D eigenvalue weighted by Crippen LogP contribution is -1.97. The Kier molecular flexibility index (Phi) is 2.89. The third kappa shape index (κ3) is 2.17. The first-order chi connectivity index (χ1) is 6.86. The van der Waals surface area contributed by atoms with Gasteiger partial charge in [-0.3, -0.25) is 0 Å². The molecule has 1 N–H and O–H groups in total. The molecule has 0 bridgehead atoms. The average Bonchev–Trinajstić information content (AvgIpc) is 2.63. The van der Waals surface area contributed by atoms with E-state index in [1.807, 2.05) is 36.4 Å². The maximum atomic E-state index is 5.28. The zero-order chi connectivity index (χ0) is 9.80. The first-order valence-corrected chi connectivity index (χ1v) is 5.16. The Hall–Kier alpha value is -1.22. The zero-order valence-corrected chi connectivity index (χ0v) is 9.12. The van der Waals surface area contributed by atoms with E-state index < -0.39 is 0 Å². The second kappa shape index (κ2) is 4.33. The lowest BCUT2D eigenvalue weighted by Gasteiger charge is -2.03. The molecule has 0 spiro atoms. The summed E-state index contributed by atoms with van der Waals surface area (Å²) in [6, 6.07) is 11.9. The number of benzene rings is 1. The first-order valence-electron chi connectivity index (χ1n) is 4.37. The van der Waals surface area contributed by atoms with Crippen LogP contribution in [-0.4, -0.2) is 0 Å². The minimum absolute atomic E-state index is 0.692. The molecule has 14 heavy (non-hydrogen) atoms. The maximum absolute atomic E-state index is 5.28. The van der Waals surface area contributed by atoms with Gasteiger partial charge in [0.1, 0.15) is 5.76 Å². The van der Waals surface area contributed by atoms with E-state index in [-0.39, 0.29) is 0 Å². The molecule has 72 valence electrons. The molecule has 0 aliphatic heterocycles. The Morgan fingerprint density at radius 3 is 2.57 bits per heavy atom. The van der Waals surface area contributed by atoms with Crippen molar-refractivity contribution in [1.29, 1.82) is 0 Å². The normalized spacial score (nSPS) is 10.1. The van der Waals surface area contributed by atoms with Crippen LogP contribution >= 0.6 is 15.9 Å². The molecule has 0 amide bonds. The van der Waals surface area contributed by atoms with Crippen molar-refractivity contribution in [2.24, 2.45) is 0 Å². The molecule has 3 heteroatoms. The Morgan fingerprint density at radius 1 is 1.14 bits per heavy atom. The van der Waals surface area contributed by atoms with E-state index in [1.165, 1.54) is 0 Å². The van der Waals surface area contributed by atoms with Crippen LogP contribution < -0.4 is 5.32 Å². The smallest absolute Gasteiger partial charge is 0.136 e. The van der Waals surface area contributed by atoms with Crippen LogP contribution in [0.25, 0.3) is 0 Å². The Bertz CT molecular complexity index is 397. The van der Waals surface area contributed by atoms with Crippen molar-refractivity contribution in [2.75, 3.05) is 5.32 Å². The molecular formula is C11H10BrNO. The quantitative estimate of drug-likeness (QED) is 0.901. The van der Waals surface area contributed by atoms with Crippen molar-refractivity contribution >= 4 is 21.6 Å². The third-order valence-electron chi connectivity index (χ3n) is 1.92. The minimum atomic E-state index is 0.692. The molecular weight excluding hydrogens is 242 g/mol. The van der Waals surface area contributed by atoms with Gasteiger partial charge in [0.15, 0.2) is 0 Å². The molecule has 2 aromatic rings. The van der Waals surface area contributed by atoms with Crippen molar-refractivity contribution in [3.8, 4) is 0 Å². The summed E-state index contributed by atoms with van der Waals surface area (Å²) in [5.41, 5.74) is 1.09. The molecule has 0 radical (unpaired) electrons. The van der Waals surface area contributed by atoms with E-state index >= 15 is 0 Å². The monoisotopic (exact) mass is 251 g/mol. The molecule has 0 atom stereocenters. The van der Waals surface area contributed by atoms with Gasteiger partial charge in [-0.05, 0) is 34.1 Å². The summed E-state index contributed by atoms with van der Waals surface area (Å²) in [6.45, 7) is 0.692. The van der Waals surface area contributed by atoms with Crippen LogP contribution in [0.15, 0.2) is 51.6 Å². The molecule has 2 nitrogen and oxygen atoms in total. The summed E-state index contributed by atoms with van der Waals surface area (Å²) in [6.07, 6.45) is 1.67. The minimum Gasteiger partial charge on any atom is -0.466 e. The predicted octanol–water partition coefficient (Wildman–Crippen LogP) is 3.65. The van der Waals surface area contributed by atoms with E-state index in [2.05, 4.69) is 21.2 Å². The number of nitrogens with one attached hydrogen (secondary N) is 1. The van der Waals surface area contributed by atoms with Gasteiger partial charge in [0.2, 0.25) is 0 Å². The van der Waals surface area contributed by atoms with Crippen molar-refractivity contribution < 1.29 is 4.42 Å². The van der Waals surface area contributed by atoms with Gasteiger partial charge in [-0.25, -0.2) is 0 Å². The lowest BCUT2D eigenvalue weighted by molar-refractivity contribution is 0.516. The second-order valence-electron chi connectivity index (χ2n) is 2.91. The van der Waals surface area contributed by atoms with Crippen LogP contribution in [-0.2, 0) is 6.54 Å². The van der Waals surface area contributed by atoms with Crippen LogP contribution in [0.2, 0.25) is 0 Å². The largest absolute Gasteiger partial charge is 0.466 e. The molecule has 0 saturated heterocycles. The van der Waals surface area contributed by atoms with Crippen LogP contribution in [0.4, 0.5) is 5.69 Å². The summed E-state index contributed by atoms with van der Waals surface area (Å²) in [5.74, 6) is 0.911. The number of anilines is 1. The fraction of sp³-hybridized carbons (Fsp3) is 0.0909. The summed E-state index contributed by atoms with van der Waals surface area (Å²) >= 11 is 3.41. The highest BCUT2D eigenvalue weighted by atomic mass is 79.9. The van der Waals surface area contributed by atoms with Gasteiger partial charge in [-0.15, -0.1) is 0 Å². The van der Waals surface area contributed by atoms with Gasteiger partial charge in [0.05, 0.1) is 17.3 Å². The van der Waals surface area contributed by atoms with E-state index in [1.54, 1.807) is 6.26 Å². The van der Waals surface area contributed by atoms with Gasteiger partial charge >= 0.3 is 0 Å². The molecule has 1 aromatic heterocycles. The van der Waals surface area contributed by atoms with E-state index in [9.17, 15) is 0 Å². The molecule has 1 aromatic carbocycles. The van der Waals surface area contributed by atoms with Crippen molar-refractivity contribution in [3.05, 3.63) is 52.9 Å². The lowest BCUT2D eigenvalue weighted by atomic mass is 10.3. The van der Waals surface area contributed by atoms with Gasteiger partial charge in [0.25, 0.3) is 0 Å². The van der Waals surface area contributed by atoms with Crippen molar-refractivity contribution in [2.45, 2.75) is 6.54 Å². The number of rotatable bonds is 3. The van der Waals surface area contributed by atoms with Gasteiger partial charge in [-0.1, -0.05) is 18.2 Å². The highest BCUT2D eigenvalue weighted by molar-refractivity contribution is 9.10. The Morgan fingerprint density at radius 2 is 1.93 bits per heavy atom. The molecule has 0 aliphatic rings. The summed E-state index contributed by atoms with van der Waals surface area (Å²) in [4.78, 5) is 0. The topological polar surface area (TPSA) is 25.2 Å². The van der Waals surface area contributed by atoms with Crippen molar-refractivity contribution in [3.63, 3.8) is 0 Å². The van der Waals surface area contributed by atoms with Crippen LogP contribution in [0.5, 0.6) is 0 Å². The molecule has 1 heterocycles. The SMILES string of the molecule is Brc1ccoc1CNc1ccccc1. The fourth-order valence-electron chi connectivity index (χ4n) is 1.19. The van der Waals surface area contributed by atoms with E-state index in [4.69, 9.17) is 4.42 Å². The molecule has 0 unspecified atom stereocenters. The van der Waals surface area contributed by atoms with E-state index in [0.717, 1.165) is 15.9 Å². The fourth-order valence-corrected chi connectivity index (χ4v) is 1.53. The molecule has 2 rings (SSSR count). The first kappa shape index (κ1) is 9.34. The number of hydrogen-bond donors (Lipinski definition) is 1. The standard InChI is InChI=1S/C11H10BrNO/c12-10-6-7-14-11(10)8-13-9-4-2-1-3-5-9/h1-7,13H,8H2. The van der Waals surface area contributed by atoms with Crippen LogP contribution in [0, 0.1) is 0 Å². The van der Waals surface area contributed by atoms with E-state index in [0.29, 0.717) is 6.54 Å². The number of para-hydroxylation sites is 1. The maximum Gasteiger partial charge on any atom is 0.136 e. The van der Waals surface area contributed by atoms with Gasteiger partial charge in [0, 0.05) is 5.69 Å². The van der Waals surface area contributed by atoms with Gasteiger partial charge in [-0.2, -0.15) is 0 Å². The predicted molar refractivity (Wildman–Crippen MR) is 60.2 cm³/mol. The third-order valence-corrected chi connectivity index (χ3v) is 2.62. The highest BCUT2D eigenvalue weighted by Gasteiger charge is 2.01. The van der Waals surface area contributed by atoms with Gasteiger partial charge < -0.3 is 9.73 Å². The average molecular weight is 252 g/mol. The Balaban J connectivity index is 1.99. The van der Waals surface area contributed by atoms with Crippen molar-refractivity contribution in [1.82, 2.24) is 0 Å². The summed E-state index contributed by atoms with van der Waals surface area (Å²) in [7, 11) is 0. The summed E-state index contributed by atoms with van der Waals surface area (Å²) in [5, 5.41) is 3.26. The highest BCUT2D eigenvalue weighted by Crippen LogP contribution is 2.18. The number of halogens is 1. The zero-order valence-electron chi connectivity index (χ0n) is 7.53. The Labute approximate surface area is 91.1 Å². The van der Waals surface area contributed by atoms with Crippen LogP contribution in [0.1, 0.15) is 5.76 Å². The van der Waals surface area contributed by atoms with Crippen LogP contribution in [0.3, 0.4) is 0 Å². The molecule has 0 saturated carbocycles. The number of hydrogen-bond acceptors (Lipinski definition) is 2. The summed E-state index contributed by atoms with van der Waals surface area (Å²) < 4.78 is 6.28. The number of furan rings is 1. The second-order valence-corrected chi connectivity index (χ2v) is 3.77.